The van der Waals surface area contributed by atoms with Gasteiger partial charge in [-0.05, 0) is 94.7 Å². The van der Waals surface area contributed by atoms with E-state index in [9.17, 15) is 16.8 Å². The van der Waals surface area contributed by atoms with Crippen LogP contribution in [-0.4, -0.2) is 57.5 Å². The molecule has 2 aromatic heterocycles. The normalized spacial score (nSPS) is 14.6. The fourth-order valence-corrected chi connectivity index (χ4v) is 12.4. The summed E-state index contributed by atoms with van der Waals surface area (Å²) in [5, 5.41) is 2.01. The Labute approximate surface area is 391 Å². The van der Waals surface area contributed by atoms with Gasteiger partial charge in [-0.15, -0.1) is 22.7 Å². The van der Waals surface area contributed by atoms with Crippen molar-refractivity contribution >= 4 is 62.9 Å². The van der Waals surface area contributed by atoms with E-state index in [1.165, 1.54) is 12.1 Å². The third kappa shape index (κ3) is 10.1. The van der Waals surface area contributed by atoms with Gasteiger partial charge < -0.3 is 28.4 Å². The van der Waals surface area contributed by atoms with Crippen LogP contribution >= 0.6 is 22.7 Å². The van der Waals surface area contributed by atoms with Gasteiger partial charge in [-0.2, -0.15) is 9.44 Å². The van der Waals surface area contributed by atoms with E-state index in [0.29, 0.717) is 49.4 Å². The molecule has 2 aliphatic rings. The van der Waals surface area contributed by atoms with Crippen LogP contribution in [0.1, 0.15) is 45.8 Å². The SMILES string of the molecule is COc1ccc2sc([C@@H](NS(=O)(=O)c3ccc4c(c3)OCCCO4)c3ccccc3)cc2c1.COc1ccc2sc([C@H](NS(=O)(=O)c3ccc4c(c3)OCCCO4)c3ccccc3)cc2c1. The first-order valence-corrected chi connectivity index (χ1v) is 25.8. The smallest absolute Gasteiger partial charge is 0.241 e. The third-order valence-corrected chi connectivity index (χ3v) is 16.1. The fraction of sp³-hybridized carbons (Fsp3) is 0.200. The van der Waals surface area contributed by atoms with Gasteiger partial charge in [-0.3, -0.25) is 0 Å². The number of rotatable bonds is 12. The standard InChI is InChI=1S/2C25H23NO5S2/c2*1-29-19-8-11-23-18(14-19)15-24(32-23)25(17-6-3-2-4-7-17)26-33(27,28)20-9-10-21-22(16-20)31-13-5-12-30-21/h2*2-4,6-11,14-16,25-26H,5,12-13H2,1H3/t2*25-/m10/s1. The predicted molar refractivity (Wildman–Crippen MR) is 258 cm³/mol. The minimum atomic E-state index is -3.86. The quantitative estimate of drug-likeness (QED) is 0.121. The third-order valence-electron chi connectivity index (χ3n) is 10.9. The summed E-state index contributed by atoms with van der Waals surface area (Å²) in [7, 11) is -4.45. The summed E-state index contributed by atoms with van der Waals surface area (Å²) >= 11 is 3.11. The molecule has 4 heterocycles. The lowest BCUT2D eigenvalue weighted by Gasteiger charge is -2.19. The molecule has 340 valence electrons. The number of fused-ring (bicyclic) bond motifs is 4. The van der Waals surface area contributed by atoms with Crippen LogP contribution in [-0.2, 0) is 20.0 Å². The van der Waals surface area contributed by atoms with E-state index in [-0.39, 0.29) is 9.79 Å². The van der Waals surface area contributed by atoms with E-state index in [1.807, 2.05) is 109 Å². The van der Waals surface area contributed by atoms with Crippen LogP contribution in [0.15, 0.2) is 155 Å². The first kappa shape index (κ1) is 45.0. The molecule has 2 aliphatic heterocycles. The molecule has 16 heteroatoms. The molecule has 0 amide bonds. The van der Waals surface area contributed by atoms with E-state index in [2.05, 4.69) is 9.44 Å². The van der Waals surface area contributed by atoms with Crippen molar-refractivity contribution in [2.75, 3.05) is 40.6 Å². The van der Waals surface area contributed by atoms with E-state index >= 15 is 0 Å². The van der Waals surface area contributed by atoms with Gasteiger partial charge in [0.1, 0.15) is 11.5 Å². The number of nitrogens with one attached hydrogen (secondary N) is 2. The van der Waals surface area contributed by atoms with Crippen molar-refractivity contribution in [1.29, 1.82) is 0 Å². The number of hydrogen-bond donors (Lipinski definition) is 2. The Morgan fingerprint density at radius 3 is 1.26 bits per heavy atom. The van der Waals surface area contributed by atoms with Gasteiger partial charge in [0, 0.05) is 44.1 Å². The van der Waals surface area contributed by atoms with Crippen LogP contribution in [0.4, 0.5) is 0 Å². The first-order valence-electron chi connectivity index (χ1n) is 21.2. The van der Waals surface area contributed by atoms with Crippen molar-refractivity contribution in [1.82, 2.24) is 9.44 Å². The summed E-state index contributed by atoms with van der Waals surface area (Å²) in [4.78, 5) is 2.05. The first-order chi connectivity index (χ1) is 32.1. The van der Waals surface area contributed by atoms with Gasteiger partial charge in [-0.25, -0.2) is 16.8 Å². The Kier molecular flexibility index (Phi) is 13.5. The molecule has 12 nitrogen and oxygen atoms in total. The average molecular weight is 963 g/mol. The van der Waals surface area contributed by atoms with Gasteiger partial charge in [-0.1, -0.05) is 60.7 Å². The second-order valence-electron chi connectivity index (χ2n) is 15.4. The number of sulfonamides is 2. The zero-order valence-electron chi connectivity index (χ0n) is 36.0. The maximum Gasteiger partial charge on any atom is 0.241 e. The molecule has 6 aromatic carbocycles. The van der Waals surface area contributed by atoms with E-state index in [4.69, 9.17) is 28.4 Å². The van der Waals surface area contributed by atoms with E-state index in [1.54, 1.807) is 61.2 Å². The Bertz CT molecular complexity index is 2980. The number of benzene rings is 6. The molecule has 0 bridgehead atoms. The molecule has 66 heavy (non-hydrogen) atoms. The van der Waals surface area contributed by atoms with Crippen LogP contribution in [0.5, 0.6) is 34.5 Å². The molecule has 0 spiro atoms. The average Bonchev–Trinajstić information content (AvgIpc) is 3.78. The predicted octanol–water partition coefficient (Wildman–Crippen LogP) is 10.3. The molecule has 8 aromatic rings. The summed E-state index contributed by atoms with van der Waals surface area (Å²) in [6.45, 7) is 2.07. The molecular formula is C50H46N2O10S4. The summed E-state index contributed by atoms with van der Waals surface area (Å²) in [5.74, 6) is 3.53. The van der Waals surface area contributed by atoms with E-state index < -0.39 is 32.1 Å². The van der Waals surface area contributed by atoms with Crippen molar-refractivity contribution in [3.8, 4) is 34.5 Å². The highest BCUT2D eigenvalue weighted by molar-refractivity contribution is 7.89. The Hall–Kier alpha value is -6.14. The van der Waals surface area contributed by atoms with Crippen molar-refractivity contribution in [2.24, 2.45) is 0 Å². The number of thiophene rings is 2. The summed E-state index contributed by atoms with van der Waals surface area (Å²) in [6, 6.07) is 43.2. The van der Waals surface area contributed by atoms with Gasteiger partial charge in [0.15, 0.2) is 23.0 Å². The maximum atomic E-state index is 13.5. The molecule has 0 aliphatic carbocycles. The van der Waals surface area contributed by atoms with Crippen molar-refractivity contribution < 1.29 is 45.3 Å². The second-order valence-corrected chi connectivity index (χ2v) is 21.0. The lowest BCUT2D eigenvalue weighted by atomic mass is 10.1. The Balaban J connectivity index is 0.000000166. The summed E-state index contributed by atoms with van der Waals surface area (Å²) in [6.07, 6.45) is 1.50. The zero-order valence-corrected chi connectivity index (χ0v) is 39.2. The number of ether oxygens (including phenoxy) is 6. The van der Waals surface area contributed by atoms with Crippen LogP contribution < -0.4 is 37.9 Å². The van der Waals surface area contributed by atoms with Gasteiger partial charge in [0.2, 0.25) is 20.0 Å². The molecule has 0 unspecified atom stereocenters. The lowest BCUT2D eigenvalue weighted by molar-refractivity contribution is 0.296. The van der Waals surface area contributed by atoms with Crippen molar-refractivity contribution in [2.45, 2.75) is 34.7 Å². The lowest BCUT2D eigenvalue weighted by Crippen LogP contribution is -2.29. The molecule has 2 N–H and O–H groups in total. The van der Waals surface area contributed by atoms with Crippen molar-refractivity contribution in [3.63, 3.8) is 0 Å². The number of methoxy groups -OCH3 is 2. The molecule has 0 saturated carbocycles. The second kappa shape index (κ2) is 19.8. The highest BCUT2D eigenvalue weighted by atomic mass is 32.2. The van der Waals surface area contributed by atoms with E-state index in [0.717, 1.165) is 65.4 Å². The van der Waals surface area contributed by atoms with Crippen LogP contribution in [0.25, 0.3) is 20.2 Å². The molecule has 2 atom stereocenters. The number of hydrogen-bond acceptors (Lipinski definition) is 12. The van der Waals surface area contributed by atoms with Gasteiger partial charge in [0.25, 0.3) is 0 Å². The van der Waals surface area contributed by atoms with Gasteiger partial charge in [0.05, 0.1) is 62.5 Å². The molecule has 0 fully saturated rings. The zero-order chi connectivity index (χ0) is 45.7. The van der Waals surface area contributed by atoms with Crippen LogP contribution in [0.2, 0.25) is 0 Å². The highest BCUT2D eigenvalue weighted by Gasteiger charge is 2.28. The Morgan fingerprint density at radius 2 is 0.864 bits per heavy atom. The fourth-order valence-electron chi connectivity index (χ4n) is 7.56. The molecular weight excluding hydrogens is 917 g/mol. The Morgan fingerprint density at radius 1 is 0.470 bits per heavy atom. The highest BCUT2D eigenvalue weighted by Crippen LogP contribution is 2.39. The van der Waals surface area contributed by atoms with Crippen LogP contribution in [0, 0.1) is 0 Å². The summed E-state index contributed by atoms with van der Waals surface area (Å²) in [5.41, 5.74) is 1.71. The van der Waals surface area contributed by atoms with Gasteiger partial charge >= 0.3 is 0 Å². The largest absolute Gasteiger partial charge is 0.497 e. The van der Waals surface area contributed by atoms with Crippen molar-refractivity contribution in [3.05, 3.63) is 166 Å². The minimum Gasteiger partial charge on any atom is -0.497 e. The molecule has 10 rings (SSSR count). The minimum absolute atomic E-state index is 0.135. The molecule has 0 radical (unpaired) electrons. The summed E-state index contributed by atoms with van der Waals surface area (Å²) < 4.78 is 95.1. The maximum absolute atomic E-state index is 13.5. The molecule has 0 saturated heterocycles. The van der Waals surface area contributed by atoms with Crippen LogP contribution in [0.3, 0.4) is 0 Å². The monoisotopic (exact) mass is 962 g/mol. The topological polar surface area (TPSA) is 148 Å².